The van der Waals surface area contributed by atoms with Crippen molar-refractivity contribution in [3.05, 3.63) is 0 Å². The molecule has 0 spiro atoms. The highest BCUT2D eigenvalue weighted by atomic mass is 16.5. The van der Waals surface area contributed by atoms with E-state index in [4.69, 9.17) is 0 Å². The van der Waals surface area contributed by atoms with Gasteiger partial charge >= 0.3 is 6.09 Å². The van der Waals surface area contributed by atoms with Crippen LogP contribution in [0.15, 0.2) is 0 Å². The first kappa shape index (κ1) is 19.3. The highest BCUT2D eigenvalue weighted by Gasteiger charge is 2.39. The lowest BCUT2D eigenvalue weighted by Gasteiger charge is -2.31. The van der Waals surface area contributed by atoms with Crippen LogP contribution in [-0.2, 0) is 14.3 Å². The molecule has 1 aliphatic heterocycles. The monoisotopic (exact) mass is 327 g/mol. The van der Waals surface area contributed by atoms with Crippen molar-refractivity contribution in [1.29, 1.82) is 0 Å². The van der Waals surface area contributed by atoms with E-state index in [0.29, 0.717) is 13.0 Å². The fourth-order valence-corrected chi connectivity index (χ4v) is 2.73. The molecule has 0 aromatic rings. The Bertz CT molecular complexity index is 439. The van der Waals surface area contributed by atoms with Crippen molar-refractivity contribution in [2.24, 2.45) is 5.92 Å². The van der Waals surface area contributed by atoms with E-state index in [9.17, 15) is 14.4 Å². The zero-order valence-corrected chi connectivity index (χ0v) is 14.7. The number of likely N-dealkylation sites (tertiary alicyclic amines) is 1. The Balaban J connectivity index is 2.88. The smallest absolute Gasteiger partial charge is 0.407 e. The number of amides is 3. The standard InChI is InChI=1S/C16H29N3O4/c1-6-11(4)13(18-16(22)23-5)15(21)19-9-7-8-12(19)14(20)17-10(2)3/h10-13H,6-9H2,1-5H3,(H,17,20)(H,18,22)/t11-,12-,13-/m0/s1. The summed E-state index contributed by atoms with van der Waals surface area (Å²) in [6, 6.07) is -1.12. The summed E-state index contributed by atoms with van der Waals surface area (Å²) in [7, 11) is 1.27. The third kappa shape index (κ3) is 5.11. The van der Waals surface area contributed by atoms with Gasteiger partial charge in [-0.25, -0.2) is 4.79 Å². The lowest BCUT2D eigenvalue weighted by Crippen LogP contribution is -2.56. The lowest BCUT2D eigenvalue weighted by molar-refractivity contribution is -0.141. The molecule has 1 aliphatic rings. The topological polar surface area (TPSA) is 87.7 Å². The third-order valence-corrected chi connectivity index (χ3v) is 4.21. The maximum atomic E-state index is 12.9. The Morgan fingerprint density at radius 1 is 1.22 bits per heavy atom. The van der Waals surface area contributed by atoms with Crippen molar-refractivity contribution in [3.8, 4) is 0 Å². The molecule has 0 aliphatic carbocycles. The number of alkyl carbamates (subject to hydrolysis) is 1. The van der Waals surface area contributed by atoms with Gasteiger partial charge in [0.2, 0.25) is 11.8 Å². The average molecular weight is 327 g/mol. The molecule has 0 aromatic carbocycles. The fraction of sp³-hybridized carbons (Fsp3) is 0.812. The number of nitrogens with zero attached hydrogens (tertiary/aromatic N) is 1. The second-order valence-corrected chi connectivity index (χ2v) is 6.35. The number of nitrogens with one attached hydrogen (secondary N) is 2. The summed E-state index contributed by atoms with van der Waals surface area (Å²) >= 11 is 0. The van der Waals surface area contributed by atoms with Crippen LogP contribution < -0.4 is 10.6 Å². The van der Waals surface area contributed by atoms with Gasteiger partial charge in [-0.2, -0.15) is 0 Å². The molecule has 3 amide bonds. The number of hydrogen-bond donors (Lipinski definition) is 2. The Hall–Kier alpha value is -1.79. The van der Waals surface area contributed by atoms with Crippen LogP contribution in [0.2, 0.25) is 0 Å². The number of rotatable bonds is 6. The van der Waals surface area contributed by atoms with Gasteiger partial charge in [0, 0.05) is 12.6 Å². The van der Waals surface area contributed by atoms with Crippen molar-refractivity contribution < 1.29 is 19.1 Å². The van der Waals surface area contributed by atoms with Crippen molar-refractivity contribution in [3.63, 3.8) is 0 Å². The molecule has 1 heterocycles. The van der Waals surface area contributed by atoms with Crippen molar-refractivity contribution in [2.45, 2.75) is 65.1 Å². The Labute approximate surface area is 138 Å². The molecule has 0 bridgehead atoms. The molecular formula is C16H29N3O4. The van der Waals surface area contributed by atoms with Crippen molar-refractivity contribution >= 4 is 17.9 Å². The minimum atomic E-state index is -0.681. The summed E-state index contributed by atoms with van der Waals surface area (Å²) in [5.41, 5.74) is 0. The fourth-order valence-electron chi connectivity index (χ4n) is 2.73. The molecule has 0 radical (unpaired) electrons. The molecule has 23 heavy (non-hydrogen) atoms. The number of hydrogen-bond acceptors (Lipinski definition) is 4. The van der Waals surface area contributed by atoms with Gasteiger partial charge in [-0.15, -0.1) is 0 Å². The van der Waals surface area contributed by atoms with E-state index in [1.165, 1.54) is 7.11 Å². The molecule has 0 unspecified atom stereocenters. The van der Waals surface area contributed by atoms with Crippen molar-refractivity contribution in [2.75, 3.05) is 13.7 Å². The number of carbonyl (C=O) groups is 3. The van der Waals surface area contributed by atoms with Gasteiger partial charge in [0.1, 0.15) is 12.1 Å². The molecular weight excluding hydrogens is 298 g/mol. The summed E-state index contributed by atoms with van der Waals surface area (Å²) in [4.78, 5) is 38.3. The number of carbonyl (C=O) groups excluding carboxylic acids is 3. The van der Waals surface area contributed by atoms with Gasteiger partial charge in [0.05, 0.1) is 7.11 Å². The van der Waals surface area contributed by atoms with E-state index >= 15 is 0 Å². The summed E-state index contributed by atoms with van der Waals surface area (Å²) in [5.74, 6) is -0.394. The minimum absolute atomic E-state index is 0.0265. The first-order valence-electron chi connectivity index (χ1n) is 8.27. The van der Waals surface area contributed by atoms with Crippen LogP contribution >= 0.6 is 0 Å². The van der Waals surface area contributed by atoms with Crippen LogP contribution in [-0.4, -0.2) is 54.6 Å². The van der Waals surface area contributed by atoms with E-state index in [1.54, 1.807) is 4.90 Å². The summed E-state index contributed by atoms with van der Waals surface area (Å²) in [5, 5.41) is 5.47. The molecule has 7 heteroatoms. The highest BCUT2D eigenvalue weighted by molar-refractivity contribution is 5.92. The normalized spacial score (nSPS) is 20.1. The van der Waals surface area contributed by atoms with Gasteiger partial charge < -0.3 is 20.3 Å². The van der Waals surface area contributed by atoms with E-state index < -0.39 is 18.2 Å². The molecule has 0 saturated carbocycles. The zero-order chi connectivity index (χ0) is 17.6. The second kappa shape index (κ2) is 8.74. The maximum absolute atomic E-state index is 12.9. The van der Waals surface area contributed by atoms with Gasteiger partial charge in [-0.05, 0) is 32.6 Å². The SMILES string of the molecule is CC[C@H](C)[C@H](NC(=O)OC)C(=O)N1CCC[C@H]1C(=O)NC(C)C. The Morgan fingerprint density at radius 2 is 1.87 bits per heavy atom. The molecule has 2 N–H and O–H groups in total. The maximum Gasteiger partial charge on any atom is 0.407 e. The van der Waals surface area contributed by atoms with Crippen molar-refractivity contribution in [1.82, 2.24) is 15.5 Å². The average Bonchev–Trinajstić information content (AvgIpc) is 2.99. The van der Waals surface area contributed by atoms with Crippen LogP contribution in [0.25, 0.3) is 0 Å². The van der Waals surface area contributed by atoms with Crippen LogP contribution in [0, 0.1) is 5.92 Å². The van der Waals surface area contributed by atoms with Gasteiger partial charge in [0.25, 0.3) is 0 Å². The molecule has 1 rings (SSSR count). The van der Waals surface area contributed by atoms with E-state index in [2.05, 4.69) is 15.4 Å². The molecule has 1 fully saturated rings. The lowest BCUT2D eigenvalue weighted by atomic mass is 9.97. The summed E-state index contributed by atoms with van der Waals surface area (Å²) < 4.78 is 4.62. The number of ether oxygens (including phenoxy) is 1. The van der Waals surface area contributed by atoms with E-state index in [0.717, 1.165) is 12.8 Å². The van der Waals surface area contributed by atoms with Crippen LogP contribution in [0.3, 0.4) is 0 Å². The largest absolute Gasteiger partial charge is 0.453 e. The second-order valence-electron chi connectivity index (χ2n) is 6.35. The predicted octanol–water partition coefficient (Wildman–Crippen LogP) is 1.27. The zero-order valence-electron chi connectivity index (χ0n) is 14.7. The highest BCUT2D eigenvalue weighted by Crippen LogP contribution is 2.21. The Morgan fingerprint density at radius 3 is 2.39 bits per heavy atom. The van der Waals surface area contributed by atoms with Gasteiger partial charge in [-0.3, -0.25) is 9.59 Å². The number of methoxy groups -OCH3 is 1. The van der Waals surface area contributed by atoms with E-state index in [1.807, 2.05) is 27.7 Å². The van der Waals surface area contributed by atoms with Crippen LogP contribution in [0.5, 0.6) is 0 Å². The molecule has 0 aromatic heterocycles. The van der Waals surface area contributed by atoms with E-state index in [-0.39, 0.29) is 23.8 Å². The molecule has 3 atom stereocenters. The third-order valence-electron chi connectivity index (χ3n) is 4.21. The summed E-state index contributed by atoms with van der Waals surface area (Å²) in [6.45, 7) is 8.17. The Kier molecular flexibility index (Phi) is 7.32. The van der Waals surface area contributed by atoms with Crippen LogP contribution in [0.1, 0.15) is 47.0 Å². The van der Waals surface area contributed by atoms with Gasteiger partial charge in [0.15, 0.2) is 0 Å². The summed E-state index contributed by atoms with van der Waals surface area (Å²) in [6.07, 6.45) is 1.53. The first-order valence-corrected chi connectivity index (χ1v) is 8.27. The first-order chi connectivity index (χ1) is 10.8. The minimum Gasteiger partial charge on any atom is -0.453 e. The molecule has 7 nitrogen and oxygen atoms in total. The molecule has 1 saturated heterocycles. The van der Waals surface area contributed by atoms with Gasteiger partial charge in [-0.1, -0.05) is 20.3 Å². The predicted molar refractivity (Wildman–Crippen MR) is 86.8 cm³/mol. The quantitative estimate of drug-likeness (QED) is 0.769. The molecule has 132 valence electrons. The van der Waals surface area contributed by atoms with Crippen LogP contribution in [0.4, 0.5) is 4.79 Å².